The Hall–Kier alpha value is -3.34. The Bertz CT molecular complexity index is 995. The fraction of sp³-hybridized carbons (Fsp3) is 0.750. The summed E-state index contributed by atoms with van der Waals surface area (Å²) >= 11 is 0. The van der Waals surface area contributed by atoms with Crippen molar-refractivity contribution < 1.29 is 76.1 Å². The molecule has 0 aromatic carbocycles. The van der Waals surface area contributed by atoms with E-state index in [9.17, 15) is 28.8 Å². The Morgan fingerprint density at radius 2 is 1.05 bits per heavy atom. The van der Waals surface area contributed by atoms with Crippen LogP contribution in [-0.2, 0) is 76.1 Å². The molecule has 0 saturated carbocycles. The molecule has 10 unspecified atom stereocenters. The van der Waals surface area contributed by atoms with E-state index >= 15 is 0 Å². The molecule has 40 heavy (non-hydrogen) atoms. The number of carbonyl (C=O) groups excluding carboxylic acids is 6. The van der Waals surface area contributed by atoms with Crippen molar-refractivity contribution in [1.29, 1.82) is 0 Å². The third-order valence-corrected chi connectivity index (χ3v) is 5.86. The fourth-order valence-electron chi connectivity index (χ4n) is 4.60. The van der Waals surface area contributed by atoms with Gasteiger partial charge in [-0.3, -0.25) is 28.8 Å². The molecule has 16 heteroatoms. The zero-order valence-electron chi connectivity index (χ0n) is 22.7. The molecule has 10 atom stereocenters. The zero-order valence-corrected chi connectivity index (χ0v) is 22.7. The van der Waals surface area contributed by atoms with Gasteiger partial charge < -0.3 is 47.4 Å². The van der Waals surface area contributed by atoms with Gasteiger partial charge in [-0.15, -0.1) is 0 Å². The highest BCUT2D eigenvalue weighted by molar-refractivity contribution is 5.69. The topological polar surface area (TPSA) is 195 Å². The molecule has 3 fully saturated rings. The monoisotopic (exact) mass is 576 g/mol. The van der Waals surface area contributed by atoms with Gasteiger partial charge in [0.2, 0.25) is 0 Å². The first-order valence-corrected chi connectivity index (χ1v) is 12.3. The van der Waals surface area contributed by atoms with E-state index < -0.39 is 104 Å². The van der Waals surface area contributed by atoms with Crippen molar-refractivity contribution in [2.75, 3.05) is 13.2 Å². The van der Waals surface area contributed by atoms with Crippen molar-refractivity contribution >= 4 is 35.8 Å². The number of rotatable bonds is 9. The van der Waals surface area contributed by atoms with Crippen LogP contribution in [0.4, 0.5) is 0 Å². The Morgan fingerprint density at radius 3 is 1.57 bits per heavy atom. The number of carbonyl (C=O) groups is 6. The van der Waals surface area contributed by atoms with Crippen molar-refractivity contribution in [3.05, 3.63) is 0 Å². The molecule has 0 aromatic rings. The highest BCUT2D eigenvalue weighted by atomic mass is 16.8. The van der Waals surface area contributed by atoms with E-state index in [2.05, 4.69) is 0 Å². The molecule has 0 aliphatic carbocycles. The predicted octanol–water partition coefficient (Wildman–Crippen LogP) is -0.927. The minimum absolute atomic E-state index is 0.0594. The van der Waals surface area contributed by atoms with Crippen molar-refractivity contribution in [2.45, 2.75) is 103 Å². The van der Waals surface area contributed by atoms with Crippen LogP contribution in [0.3, 0.4) is 0 Å². The molecule has 0 aromatic heterocycles. The summed E-state index contributed by atoms with van der Waals surface area (Å²) < 4.78 is 55.4. The maximum absolute atomic E-state index is 12.1. The van der Waals surface area contributed by atoms with Crippen LogP contribution < -0.4 is 0 Å². The van der Waals surface area contributed by atoms with Crippen LogP contribution in [0.1, 0.15) is 41.5 Å². The lowest BCUT2D eigenvalue weighted by atomic mass is 9.96. The molecule has 3 aliphatic rings. The van der Waals surface area contributed by atoms with E-state index in [-0.39, 0.29) is 6.61 Å². The fourth-order valence-corrected chi connectivity index (χ4v) is 4.60. The Morgan fingerprint density at radius 1 is 0.575 bits per heavy atom. The van der Waals surface area contributed by atoms with E-state index in [1.807, 2.05) is 0 Å². The van der Waals surface area contributed by atoms with Crippen LogP contribution in [0.5, 0.6) is 0 Å². The van der Waals surface area contributed by atoms with Crippen molar-refractivity contribution in [3.63, 3.8) is 0 Å². The zero-order chi connectivity index (χ0) is 29.7. The maximum atomic E-state index is 12.1. The largest absolute Gasteiger partial charge is 0.463 e. The van der Waals surface area contributed by atoms with Gasteiger partial charge in [-0.1, -0.05) is 0 Å². The molecule has 0 amide bonds. The summed E-state index contributed by atoms with van der Waals surface area (Å²) in [7, 11) is 0. The predicted molar refractivity (Wildman–Crippen MR) is 123 cm³/mol. The van der Waals surface area contributed by atoms with E-state index in [1.165, 1.54) is 0 Å². The Labute approximate surface area is 228 Å². The lowest BCUT2D eigenvalue weighted by Crippen LogP contribution is -2.65. The van der Waals surface area contributed by atoms with E-state index in [0.717, 1.165) is 41.5 Å². The van der Waals surface area contributed by atoms with Gasteiger partial charge in [0.1, 0.15) is 24.9 Å². The summed E-state index contributed by atoms with van der Waals surface area (Å²) in [4.78, 5) is 71.4. The molecule has 3 rings (SSSR count). The van der Waals surface area contributed by atoms with Gasteiger partial charge in [-0.05, 0) is 0 Å². The van der Waals surface area contributed by atoms with Gasteiger partial charge in [-0.2, -0.15) is 0 Å². The van der Waals surface area contributed by atoms with Gasteiger partial charge in [0, 0.05) is 41.5 Å². The molecule has 0 N–H and O–H groups in total. The van der Waals surface area contributed by atoms with Crippen LogP contribution >= 0.6 is 0 Å². The lowest BCUT2D eigenvalue weighted by molar-refractivity contribution is -0.340. The van der Waals surface area contributed by atoms with Gasteiger partial charge in [0.15, 0.2) is 43.1 Å². The smallest absolute Gasteiger partial charge is 0.303 e. The Balaban J connectivity index is 2.02. The number of hydrogen-bond acceptors (Lipinski definition) is 16. The number of esters is 6. The molecule has 3 saturated heterocycles. The second-order valence-corrected chi connectivity index (χ2v) is 9.19. The van der Waals surface area contributed by atoms with Crippen molar-refractivity contribution in [2.24, 2.45) is 0 Å². The average molecular weight is 577 g/mol. The van der Waals surface area contributed by atoms with Gasteiger partial charge in [0.25, 0.3) is 0 Å². The van der Waals surface area contributed by atoms with E-state index in [1.54, 1.807) is 0 Å². The number of ether oxygens (including phenoxy) is 10. The Kier molecular flexibility index (Phi) is 10.4. The molecule has 16 nitrogen and oxygen atoms in total. The molecule has 3 heterocycles. The third kappa shape index (κ3) is 7.87. The molecule has 0 radical (unpaired) electrons. The summed E-state index contributed by atoms with van der Waals surface area (Å²) in [5.41, 5.74) is 0. The summed E-state index contributed by atoms with van der Waals surface area (Å²) in [6.07, 6.45) is -13.0. The van der Waals surface area contributed by atoms with Crippen LogP contribution in [0.2, 0.25) is 0 Å². The first-order valence-electron chi connectivity index (χ1n) is 12.3. The summed E-state index contributed by atoms with van der Waals surface area (Å²) in [5.74, 6) is -4.61. The summed E-state index contributed by atoms with van der Waals surface area (Å²) in [6, 6.07) is 0. The second kappa shape index (κ2) is 13.3. The molecular weight excluding hydrogens is 544 g/mol. The summed E-state index contributed by atoms with van der Waals surface area (Å²) in [6.45, 7) is 6.12. The number of fused-ring (bicyclic) bond motifs is 2. The normalized spacial score (nSPS) is 34.6. The second-order valence-electron chi connectivity index (χ2n) is 9.19. The minimum atomic E-state index is -1.59. The van der Waals surface area contributed by atoms with E-state index in [4.69, 9.17) is 47.4 Å². The summed E-state index contributed by atoms with van der Waals surface area (Å²) in [5, 5.41) is 0. The molecular formula is C24H32O16. The van der Waals surface area contributed by atoms with Crippen molar-refractivity contribution in [3.8, 4) is 0 Å². The molecule has 3 aliphatic heterocycles. The van der Waals surface area contributed by atoms with Crippen LogP contribution in [-0.4, -0.2) is 110 Å². The average Bonchev–Trinajstić information content (AvgIpc) is 3.26. The minimum Gasteiger partial charge on any atom is -0.463 e. The van der Waals surface area contributed by atoms with Gasteiger partial charge >= 0.3 is 35.8 Å². The molecule has 2 bridgehead atoms. The lowest BCUT2D eigenvalue weighted by Gasteiger charge is -2.46. The quantitative estimate of drug-likeness (QED) is 0.241. The standard InChI is InChI=1S/C24H32O16/c1-9(25)31-7-15-17(33-10(2)26)19(34-11(3)27)22(37-14(6)30)24(39-15)40-18-16-8-32-23(38-16)21(36-13(5)29)20(18)35-12(4)28/h15-24H,7-8H2,1-6H3. The number of hydrogen-bond donors (Lipinski definition) is 0. The highest BCUT2D eigenvalue weighted by Crippen LogP contribution is 2.37. The van der Waals surface area contributed by atoms with Crippen LogP contribution in [0.25, 0.3) is 0 Å². The highest BCUT2D eigenvalue weighted by Gasteiger charge is 2.59. The third-order valence-electron chi connectivity index (χ3n) is 5.86. The van der Waals surface area contributed by atoms with Gasteiger partial charge in [0.05, 0.1) is 6.61 Å². The van der Waals surface area contributed by atoms with Gasteiger partial charge in [-0.25, -0.2) is 0 Å². The first kappa shape index (κ1) is 31.2. The SMILES string of the molecule is CC(=O)OCC1OC(OC2C3COC(O3)C(OC(C)=O)C2OC(C)=O)C(OC(C)=O)C(OC(C)=O)C1OC(C)=O. The van der Waals surface area contributed by atoms with Crippen molar-refractivity contribution in [1.82, 2.24) is 0 Å². The van der Waals surface area contributed by atoms with Crippen LogP contribution in [0, 0.1) is 0 Å². The molecule has 224 valence electrons. The molecule has 0 spiro atoms. The maximum Gasteiger partial charge on any atom is 0.303 e. The van der Waals surface area contributed by atoms with E-state index in [0.29, 0.717) is 0 Å². The van der Waals surface area contributed by atoms with Crippen LogP contribution in [0.15, 0.2) is 0 Å². The first-order chi connectivity index (χ1) is 18.8.